The van der Waals surface area contributed by atoms with Crippen LogP contribution in [0.25, 0.3) is 0 Å². The fraction of sp³-hybridized carbons (Fsp3) is 0.900. The zero-order valence-corrected chi connectivity index (χ0v) is 8.94. The topological polar surface area (TPSA) is 29.1 Å². The van der Waals surface area contributed by atoms with Crippen molar-refractivity contribution in [2.45, 2.75) is 46.5 Å². The lowest BCUT2D eigenvalue weighted by molar-refractivity contribution is -0.119. The van der Waals surface area contributed by atoms with Gasteiger partial charge in [0.25, 0.3) is 0 Å². The minimum Gasteiger partial charge on any atom is -0.320 e. The molecule has 0 aromatic rings. The molecule has 0 atom stereocenters. The van der Waals surface area contributed by atoms with Crippen LogP contribution in [-0.4, -0.2) is 19.4 Å². The Hall–Kier alpha value is -0.370. The number of ketones is 1. The summed E-state index contributed by atoms with van der Waals surface area (Å²) in [6, 6.07) is 0. The predicted octanol–water partition coefficient (Wildman–Crippen LogP) is 2.38. The van der Waals surface area contributed by atoms with Crippen molar-refractivity contribution in [2.24, 2.45) is 0 Å². The van der Waals surface area contributed by atoms with E-state index in [-0.39, 0.29) is 0 Å². The zero-order valence-electron chi connectivity index (χ0n) is 8.94. The third-order valence-electron chi connectivity index (χ3n) is 1.41. The van der Waals surface area contributed by atoms with E-state index in [1.54, 1.807) is 0 Å². The summed E-state index contributed by atoms with van der Waals surface area (Å²) in [5.41, 5.74) is 0. The Bertz CT molecular complexity index is 81.8. The first kappa shape index (κ1) is 14.2. The number of rotatable bonds is 5. The molecule has 0 fully saturated rings. The van der Waals surface area contributed by atoms with Gasteiger partial charge in [-0.15, -0.1) is 0 Å². The van der Waals surface area contributed by atoms with Crippen LogP contribution in [0.1, 0.15) is 46.5 Å². The van der Waals surface area contributed by atoms with Gasteiger partial charge in [-0.1, -0.05) is 20.8 Å². The SMILES string of the molecule is CCCC(=O)CCC.CCNC. The quantitative estimate of drug-likeness (QED) is 0.691. The predicted molar refractivity (Wildman–Crippen MR) is 54.4 cm³/mol. The van der Waals surface area contributed by atoms with Gasteiger partial charge in [0.05, 0.1) is 0 Å². The fourth-order valence-corrected chi connectivity index (χ4v) is 0.683. The maximum absolute atomic E-state index is 10.6. The lowest BCUT2D eigenvalue weighted by atomic mass is 10.1. The Morgan fingerprint density at radius 3 is 1.58 bits per heavy atom. The molecule has 0 aromatic heterocycles. The minimum atomic E-state index is 0.412. The van der Waals surface area contributed by atoms with Crippen LogP contribution in [0.15, 0.2) is 0 Å². The molecule has 0 aliphatic carbocycles. The zero-order chi connectivity index (χ0) is 9.82. The monoisotopic (exact) mass is 173 g/mol. The van der Waals surface area contributed by atoms with Crippen molar-refractivity contribution in [2.75, 3.05) is 13.6 Å². The third kappa shape index (κ3) is 16.3. The second kappa shape index (κ2) is 13.2. The lowest BCUT2D eigenvalue weighted by Crippen LogP contribution is -2.01. The smallest absolute Gasteiger partial charge is 0.132 e. The Labute approximate surface area is 76.7 Å². The number of hydrogen-bond donors (Lipinski definition) is 1. The average Bonchev–Trinajstić information content (AvgIpc) is 2.06. The number of carbonyl (C=O) groups excluding carboxylic acids is 1. The number of Topliss-reactive ketones (excluding diaryl/α,β-unsaturated/α-hetero) is 1. The van der Waals surface area contributed by atoms with E-state index in [9.17, 15) is 4.79 Å². The molecule has 0 saturated heterocycles. The Balaban J connectivity index is 0. The fourth-order valence-electron chi connectivity index (χ4n) is 0.683. The first-order valence-electron chi connectivity index (χ1n) is 4.89. The summed E-state index contributed by atoms with van der Waals surface area (Å²) in [6.07, 6.45) is 3.54. The van der Waals surface area contributed by atoms with Gasteiger partial charge < -0.3 is 5.32 Å². The largest absolute Gasteiger partial charge is 0.320 e. The molecule has 0 rings (SSSR count). The molecule has 0 aromatic carbocycles. The lowest BCUT2D eigenvalue weighted by Gasteiger charge is -1.91. The van der Waals surface area contributed by atoms with Crippen molar-refractivity contribution in [3.05, 3.63) is 0 Å². The molecule has 0 aliphatic rings. The molecule has 0 heterocycles. The van der Waals surface area contributed by atoms with Crippen molar-refractivity contribution in [3.63, 3.8) is 0 Å². The van der Waals surface area contributed by atoms with Gasteiger partial charge in [-0.25, -0.2) is 0 Å². The summed E-state index contributed by atoms with van der Waals surface area (Å²) >= 11 is 0. The summed E-state index contributed by atoms with van der Waals surface area (Å²) in [6.45, 7) is 7.21. The molecule has 0 radical (unpaired) electrons. The van der Waals surface area contributed by atoms with Crippen LogP contribution in [-0.2, 0) is 4.79 Å². The van der Waals surface area contributed by atoms with Crippen LogP contribution >= 0.6 is 0 Å². The highest BCUT2D eigenvalue weighted by Crippen LogP contribution is 1.95. The molecule has 1 N–H and O–H groups in total. The number of nitrogens with one attached hydrogen (secondary N) is 1. The van der Waals surface area contributed by atoms with Crippen LogP contribution < -0.4 is 5.32 Å². The number of carbonyl (C=O) groups is 1. The second-order valence-electron chi connectivity index (χ2n) is 2.75. The summed E-state index contributed by atoms with van der Waals surface area (Å²) in [4.78, 5) is 10.6. The molecule has 74 valence electrons. The maximum atomic E-state index is 10.6. The number of hydrogen-bond acceptors (Lipinski definition) is 2. The van der Waals surface area contributed by atoms with E-state index < -0.39 is 0 Å². The Morgan fingerprint density at radius 1 is 1.08 bits per heavy atom. The van der Waals surface area contributed by atoms with E-state index >= 15 is 0 Å². The van der Waals surface area contributed by atoms with Crippen molar-refractivity contribution >= 4 is 5.78 Å². The molecular weight excluding hydrogens is 150 g/mol. The van der Waals surface area contributed by atoms with Gasteiger partial charge in [-0.2, -0.15) is 0 Å². The third-order valence-corrected chi connectivity index (χ3v) is 1.41. The van der Waals surface area contributed by atoms with Crippen molar-refractivity contribution in [1.29, 1.82) is 0 Å². The summed E-state index contributed by atoms with van der Waals surface area (Å²) in [7, 11) is 1.93. The summed E-state index contributed by atoms with van der Waals surface area (Å²) in [5, 5.41) is 2.93. The molecule has 0 saturated carbocycles. The van der Waals surface area contributed by atoms with Crippen LogP contribution in [0, 0.1) is 0 Å². The molecule has 0 unspecified atom stereocenters. The highest BCUT2D eigenvalue weighted by Gasteiger charge is 1.94. The van der Waals surface area contributed by atoms with Gasteiger partial charge in [0.1, 0.15) is 5.78 Å². The van der Waals surface area contributed by atoms with Gasteiger partial charge in [0, 0.05) is 12.8 Å². The van der Waals surface area contributed by atoms with E-state index in [1.807, 2.05) is 20.9 Å². The molecule has 12 heavy (non-hydrogen) atoms. The van der Waals surface area contributed by atoms with Gasteiger partial charge in [0.15, 0.2) is 0 Å². The van der Waals surface area contributed by atoms with E-state index in [1.165, 1.54) is 0 Å². The first-order valence-corrected chi connectivity index (χ1v) is 4.89. The molecule has 2 heteroatoms. The molecular formula is C10H23NO. The molecule has 2 nitrogen and oxygen atoms in total. The Morgan fingerprint density at radius 2 is 1.42 bits per heavy atom. The van der Waals surface area contributed by atoms with Gasteiger partial charge in [-0.05, 0) is 26.4 Å². The standard InChI is InChI=1S/C7H14O.C3H9N/c1-3-5-7(8)6-4-2;1-3-4-2/h3-6H2,1-2H3;4H,3H2,1-2H3. The molecule has 0 amide bonds. The minimum absolute atomic E-state index is 0.412. The highest BCUT2D eigenvalue weighted by atomic mass is 16.1. The maximum Gasteiger partial charge on any atom is 0.132 e. The highest BCUT2D eigenvalue weighted by molar-refractivity contribution is 5.78. The van der Waals surface area contributed by atoms with Crippen molar-refractivity contribution < 1.29 is 4.79 Å². The van der Waals surface area contributed by atoms with Crippen LogP contribution in [0.2, 0.25) is 0 Å². The van der Waals surface area contributed by atoms with Crippen LogP contribution in [0.5, 0.6) is 0 Å². The van der Waals surface area contributed by atoms with E-state index in [4.69, 9.17) is 0 Å². The first-order chi connectivity index (χ1) is 5.72. The van der Waals surface area contributed by atoms with Crippen molar-refractivity contribution in [3.8, 4) is 0 Å². The van der Waals surface area contributed by atoms with E-state index in [0.717, 1.165) is 32.2 Å². The molecule has 0 bridgehead atoms. The average molecular weight is 173 g/mol. The van der Waals surface area contributed by atoms with E-state index in [2.05, 4.69) is 12.2 Å². The summed E-state index contributed by atoms with van der Waals surface area (Å²) in [5.74, 6) is 0.412. The van der Waals surface area contributed by atoms with Gasteiger partial charge in [0.2, 0.25) is 0 Å². The van der Waals surface area contributed by atoms with Crippen LogP contribution in [0.3, 0.4) is 0 Å². The van der Waals surface area contributed by atoms with Crippen LogP contribution in [0.4, 0.5) is 0 Å². The van der Waals surface area contributed by atoms with Crippen molar-refractivity contribution in [1.82, 2.24) is 5.32 Å². The molecule has 0 spiro atoms. The summed E-state index contributed by atoms with van der Waals surface area (Å²) < 4.78 is 0. The van der Waals surface area contributed by atoms with Gasteiger partial charge >= 0.3 is 0 Å². The Kier molecular flexibility index (Phi) is 15.6. The molecule has 0 aliphatic heterocycles. The normalized spacial score (nSPS) is 8.67. The van der Waals surface area contributed by atoms with Gasteiger partial charge in [-0.3, -0.25) is 4.79 Å². The second-order valence-corrected chi connectivity index (χ2v) is 2.75. The van der Waals surface area contributed by atoms with E-state index in [0.29, 0.717) is 5.78 Å².